The van der Waals surface area contributed by atoms with Gasteiger partial charge in [-0.25, -0.2) is 4.98 Å². The Morgan fingerprint density at radius 3 is 2.74 bits per heavy atom. The molecule has 2 heterocycles. The first-order valence-electron chi connectivity index (χ1n) is 8.63. The number of rotatable bonds is 5. The first-order valence-corrected chi connectivity index (χ1v) is 9.51. The fraction of sp³-hybridized carbons (Fsp3) is 0.143. The maximum absolute atomic E-state index is 12.7. The second kappa shape index (κ2) is 7.25. The monoisotopic (exact) mass is 378 g/mol. The van der Waals surface area contributed by atoms with Crippen LogP contribution in [0.3, 0.4) is 0 Å². The number of aromatic nitrogens is 1. The highest BCUT2D eigenvalue weighted by atomic mass is 32.1. The number of benzene rings is 2. The van der Waals surface area contributed by atoms with Crippen LogP contribution in [0.25, 0.3) is 21.5 Å². The van der Waals surface area contributed by atoms with E-state index in [1.165, 1.54) is 0 Å². The standard InChI is InChI=1S/C21H18N2O3S/c1-3-25-16-8-9-18-17(12-16)13(2)19(26-18)20(24)23-15-6-4-14(5-7-15)21-22-10-11-27-21/h4-12H,3H2,1-2H3,(H,23,24). The van der Waals surface area contributed by atoms with Crippen LogP contribution in [-0.4, -0.2) is 17.5 Å². The minimum absolute atomic E-state index is 0.274. The van der Waals surface area contributed by atoms with E-state index in [4.69, 9.17) is 9.15 Å². The van der Waals surface area contributed by atoms with E-state index in [-0.39, 0.29) is 5.91 Å². The van der Waals surface area contributed by atoms with Gasteiger partial charge >= 0.3 is 0 Å². The number of hydrogen-bond donors (Lipinski definition) is 1. The van der Waals surface area contributed by atoms with Crippen molar-refractivity contribution in [3.8, 4) is 16.3 Å². The molecule has 0 atom stereocenters. The van der Waals surface area contributed by atoms with Crippen LogP contribution >= 0.6 is 11.3 Å². The summed E-state index contributed by atoms with van der Waals surface area (Å²) >= 11 is 1.58. The molecule has 2 aromatic heterocycles. The molecule has 0 aliphatic heterocycles. The van der Waals surface area contributed by atoms with Gasteiger partial charge in [-0.05, 0) is 56.3 Å². The van der Waals surface area contributed by atoms with Gasteiger partial charge in [0.1, 0.15) is 16.3 Å². The molecule has 2 aromatic carbocycles. The van der Waals surface area contributed by atoms with Gasteiger partial charge in [0.2, 0.25) is 0 Å². The molecule has 0 radical (unpaired) electrons. The number of furan rings is 1. The van der Waals surface area contributed by atoms with Crippen LogP contribution in [0, 0.1) is 6.92 Å². The Labute approximate surface area is 160 Å². The summed E-state index contributed by atoms with van der Waals surface area (Å²) in [6, 6.07) is 13.2. The van der Waals surface area contributed by atoms with Crippen LogP contribution < -0.4 is 10.1 Å². The first kappa shape index (κ1) is 17.3. The maximum Gasteiger partial charge on any atom is 0.291 e. The molecule has 1 N–H and O–H groups in total. The molecule has 0 saturated heterocycles. The zero-order valence-corrected chi connectivity index (χ0v) is 15.8. The van der Waals surface area contributed by atoms with Crippen molar-refractivity contribution in [3.05, 3.63) is 65.4 Å². The van der Waals surface area contributed by atoms with E-state index in [1.54, 1.807) is 17.5 Å². The van der Waals surface area contributed by atoms with Crippen molar-refractivity contribution in [3.63, 3.8) is 0 Å². The lowest BCUT2D eigenvalue weighted by Crippen LogP contribution is -2.11. The molecule has 4 aromatic rings. The molecule has 4 rings (SSSR count). The Hall–Kier alpha value is -3.12. The van der Waals surface area contributed by atoms with E-state index in [9.17, 15) is 4.79 Å². The molecule has 0 fully saturated rings. The van der Waals surface area contributed by atoms with E-state index < -0.39 is 0 Å². The fourth-order valence-electron chi connectivity index (χ4n) is 2.92. The number of ether oxygens (including phenoxy) is 1. The first-order chi connectivity index (χ1) is 13.2. The largest absolute Gasteiger partial charge is 0.494 e. The van der Waals surface area contributed by atoms with E-state index in [0.717, 1.165) is 27.3 Å². The highest BCUT2D eigenvalue weighted by Gasteiger charge is 2.18. The van der Waals surface area contributed by atoms with Crippen LogP contribution in [-0.2, 0) is 0 Å². The van der Waals surface area contributed by atoms with Crippen molar-refractivity contribution in [2.24, 2.45) is 0 Å². The van der Waals surface area contributed by atoms with Gasteiger partial charge in [-0.15, -0.1) is 11.3 Å². The second-order valence-corrected chi connectivity index (χ2v) is 6.91. The summed E-state index contributed by atoms with van der Waals surface area (Å²) in [4.78, 5) is 17.0. The minimum Gasteiger partial charge on any atom is -0.494 e. The number of anilines is 1. The van der Waals surface area contributed by atoms with Crippen molar-refractivity contribution >= 4 is 33.9 Å². The quantitative estimate of drug-likeness (QED) is 0.497. The number of aryl methyl sites for hydroxylation is 1. The lowest BCUT2D eigenvalue weighted by Gasteiger charge is -2.05. The maximum atomic E-state index is 12.7. The Bertz CT molecular complexity index is 1080. The van der Waals surface area contributed by atoms with Gasteiger partial charge < -0.3 is 14.5 Å². The summed E-state index contributed by atoms with van der Waals surface area (Å²) in [5.41, 5.74) is 3.19. The highest BCUT2D eigenvalue weighted by Crippen LogP contribution is 2.30. The molecule has 0 bridgehead atoms. The van der Waals surface area contributed by atoms with Gasteiger partial charge in [-0.2, -0.15) is 0 Å². The van der Waals surface area contributed by atoms with Crippen LogP contribution in [0.2, 0.25) is 0 Å². The van der Waals surface area contributed by atoms with Crippen LogP contribution in [0.15, 0.2) is 58.5 Å². The number of hydrogen-bond acceptors (Lipinski definition) is 5. The van der Waals surface area contributed by atoms with Crippen LogP contribution in [0.1, 0.15) is 23.0 Å². The predicted molar refractivity (Wildman–Crippen MR) is 108 cm³/mol. The van der Waals surface area contributed by atoms with E-state index in [2.05, 4.69) is 10.3 Å². The molecule has 0 aliphatic rings. The molecule has 0 aliphatic carbocycles. The normalized spacial score (nSPS) is 10.9. The average Bonchev–Trinajstić information content (AvgIpc) is 3.32. The highest BCUT2D eigenvalue weighted by molar-refractivity contribution is 7.13. The summed E-state index contributed by atoms with van der Waals surface area (Å²) in [7, 11) is 0. The fourth-order valence-corrected chi connectivity index (χ4v) is 3.57. The van der Waals surface area contributed by atoms with Gasteiger partial charge in [-0.1, -0.05) is 0 Å². The van der Waals surface area contributed by atoms with Crippen LogP contribution in [0.4, 0.5) is 5.69 Å². The van der Waals surface area contributed by atoms with Crippen LogP contribution in [0.5, 0.6) is 5.75 Å². The average molecular weight is 378 g/mol. The number of carbonyl (C=O) groups excluding carboxylic acids is 1. The van der Waals surface area contributed by atoms with Crippen molar-refractivity contribution in [1.29, 1.82) is 0 Å². The lowest BCUT2D eigenvalue weighted by atomic mass is 10.1. The molecule has 27 heavy (non-hydrogen) atoms. The predicted octanol–water partition coefficient (Wildman–Crippen LogP) is 5.52. The van der Waals surface area contributed by atoms with Gasteiger partial charge in [0.05, 0.1) is 6.61 Å². The van der Waals surface area contributed by atoms with Gasteiger partial charge in [0.25, 0.3) is 5.91 Å². The number of thiazole rings is 1. The number of carbonyl (C=O) groups is 1. The number of amides is 1. The van der Waals surface area contributed by atoms with Gasteiger partial charge in [0.15, 0.2) is 5.76 Å². The minimum atomic E-state index is -0.274. The zero-order chi connectivity index (χ0) is 18.8. The third kappa shape index (κ3) is 3.44. The smallest absolute Gasteiger partial charge is 0.291 e. The Balaban J connectivity index is 1.56. The molecule has 136 valence electrons. The molecule has 0 spiro atoms. The summed E-state index contributed by atoms with van der Waals surface area (Å²) in [6.07, 6.45) is 1.77. The number of nitrogens with zero attached hydrogens (tertiary/aromatic N) is 1. The Morgan fingerprint density at radius 1 is 1.22 bits per heavy atom. The Kier molecular flexibility index (Phi) is 4.64. The third-order valence-corrected chi connectivity index (χ3v) is 5.07. The second-order valence-electron chi connectivity index (χ2n) is 6.02. The van der Waals surface area contributed by atoms with E-state index in [1.807, 2.05) is 61.7 Å². The molecule has 5 nitrogen and oxygen atoms in total. The van der Waals surface area contributed by atoms with Crippen molar-refractivity contribution in [1.82, 2.24) is 4.98 Å². The molecule has 6 heteroatoms. The zero-order valence-electron chi connectivity index (χ0n) is 15.0. The molecular weight excluding hydrogens is 360 g/mol. The topological polar surface area (TPSA) is 64.4 Å². The van der Waals surface area contributed by atoms with E-state index in [0.29, 0.717) is 23.6 Å². The SMILES string of the molecule is CCOc1ccc2oc(C(=O)Nc3ccc(-c4nccs4)cc3)c(C)c2c1. The molecule has 0 saturated carbocycles. The summed E-state index contributed by atoms with van der Waals surface area (Å²) in [5.74, 6) is 0.796. The molecule has 0 unspecified atom stereocenters. The number of fused-ring (bicyclic) bond motifs is 1. The van der Waals surface area contributed by atoms with Gasteiger partial charge in [-0.3, -0.25) is 4.79 Å². The Morgan fingerprint density at radius 2 is 2.04 bits per heavy atom. The van der Waals surface area contributed by atoms with Crippen molar-refractivity contribution in [2.75, 3.05) is 11.9 Å². The van der Waals surface area contributed by atoms with Crippen molar-refractivity contribution in [2.45, 2.75) is 13.8 Å². The van der Waals surface area contributed by atoms with Crippen molar-refractivity contribution < 1.29 is 13.9 Å². The summed E-state index contributed by atoms with van der Waals surface area (Å²) in [5, 5.41) is 6.66. The molecular formula is C21H18N2O3S. The summed E-state index contributed by atoms with van der Waals surface area (Å²) in [6.45, 7) is 4.40. The summed E-state index contributed by atoms with van der Waals surface area (Å²) < 4.78 is 11.3. The van der Waals surface area contributed by atoms with Gasteiger partial charge in [0, 0.05) is 33.8 Å². The molecule has 1 amide bonds. The number of nitrogens with one attached hydrogen (secondary N) is 1. The van der Waals surface area contributed by atoms with E-state index >= 15 is 0 Å². The lowest BCUT2D eigenvalue weighted by molar-refractivity contribution is 0.0998. The third-order valence-electron chi connectivity index (χ3n) is 4.25.